The highest BCUT2D eigenvalue weighted by atomic mass is 35.5. The first-order valence-corrected chi connectivity index (χ1v) is 9.77. The molecule has 1 aliphatic heterocycles. The minimum absolute atomic E-state index is 0. The second-order valence-electron chi connectivity index (χ2n) is 7.26. The molecule has 0 aromatic heterocycles. The van der Waals surface area contributed by atoms with E-state index in [4.69, 9.17) is 10.5 Å². The van der Waals surface area contributed by atoms with Crippen molar-refractivity contribution >= 4 is 48.0 Å². The van der Waals surface area contributed by atoms with Gasteiger partial charge in [-0.05, 0) is 43.3 Å². The van der Waals surface area contributed by atoms with E-state index in [1.54, 1.807) is 18.2 Å². The fourth-order valence-electron chi connectivity index (χ4n) is 3.35. The molecule has 0 atom stereocenters. The molecule has 0 aliphatic carbocycles. The van der Waals surface area contributed by atoms with Crippen molar-refractivity contribution in [3.05, 3.63) is 53.6 Å². The van der Waals surface area contributed by atoms with Gasteiger partial charge in [-0.1, -0.05) is 18.2 Å². The number of ether oxygens (including phenoxy) is 1. The van der Waals surface area contributed by atoms with Crippen LogP contribution in [0.3, 0.4) is 0 Å². The smallest absolute Gasteiger partial charge is 0.254 e. The summed E-state index contributed by atoms with van der Waals surface area (Å²) in [6.07, 6.45) is 0.828. The zero-order valence-corrected chi connectivity index (χ0v) is 19.4. The standard InChI is InChI=1S/C22H28N4O3.2ClH/c1-25-11-13-26(14-12-25)22(28)17-7-9-20(29-2)19(15-17)24-21(27)10-8-16-5-3-4-6-18(16)23;;/h3-7,9,15H,8,10-14,23H2,1-2H3,(H,24,27);2*1H. The van der Waals surface area contributed by atoms with Gasteiger partial charge >= 0.3 is 0 Å². The molecule has 2 aromatic carbocycles. The van der Waals surface area contributed by atoms with Crippen molar-refractivity contribution in [2.45, 2.75) is 12.8 Å². The third-order valence-electron chi connectivity index (χ3n) is 5.19. The van der Waals surface area contributed by atoms with Gasteiger partial charge in [-0.25, -0.2) is 0 Å². The molecule has 7 nitrogen and oxygen atoms in total. The third kappa shape index (κ3) is 7.02. The van der Waals surface area contributed by atoms with Crippen molar-refractivity contribution in [1.29, 1.82) is 0 Å². The number of hydrogen-bond acceptors (Lipinski definition) is 5. The zero-order valence-electron chi connectivity index (χ0n) is 17.8. The van der Waals surface area contributed by atoms with Crippen LogP contribution in [0.25, 0.3) is 0 Å². The number of amides is 2. The van der Waals surface area contributed by atoms with Crippen molar-refractivity contribution in [3.8, 4) is 5.75 Å². The molecule has 1 saturated heterocycles. The van der Waals surface area contributed by atoms with Crippen LogP contribution in [0.5, 0.6) is 5.75 Å². The van der Waals surface area contributed by atoms with Gasteiger partial charge in [0.2, 0.25) is 5.91 Å². The van der Waals surface area contributed by atoms with E-state index >= 15 is 0 Å². The van der Waals surface area contributed by atoms with E-state index in [-0.39, 0.29) is 43.0 Å². The highest BCUT2D eigenvalue weighted by molar-refractivity contribution is 5.98. The number of nitrogens with zero attached hydrogens (tertiary/aromatic N) is 2. The van der Waals surface area contributed by atoms with Crippen LogP contribution < -0.4 is 15.8 Å². The molecule has 0 spiro atoms. The predicted molar refractivity (Wildman–Crippen MR) is 129 cm³/mol. The maximum absolute atomic E-state index is 12.8. The number of carbonyl (C=O) groups is 2. The van der Waals surface area contributed by atoms with Gasteiger partial charge in [-0.15, -0.1) is 24.8 Å². The molecule has 0 bridgehead atoms. The van der Waals surface area contributed by atoms with Crippen LogP contribution in [-0.4, -0.2) is 62.0 Å². The Balaban J connectivity index is 0.00000240. The van der Waals surface area contributed by atoms with E-state index in [0.717, 1.165) is 18.7 Å². The summed E-state index contributed by atoms with van der Waals surface area (Å²) in [6, 6.07) is 12.6. The number of para-hydroxylation sites is 1. The van der Waals surface area contributed by atoms with Crippen LogP contribution >= 0.6 is 24.8 Å². The molecule has 1 fully saturated rings. The summed E-state index contributed by atoms with van der Waals surface area (Å²) >= 11 is 0. The topological polar surface area (TPSA) is 87.9 Å². The van der Waals surface area contributed by atoms with E-state index in [9.17, 15) is 9.59 Å². The molecule has 170 valence electrons. The van der Waals surface area contributed by atoms with Gasteiger partial charge in [0, 0.05) is 43.9 Å². The van der Waals surface area contributed by atoms with Gasteiger partial charge in [0.15, 0.2) is 0 Å². The van der Waals surface area contributed by atoms with Gasteiger partial charge in [0.1, 0.15) is 5.75 Å². The molecule has 0 saturated carbocycles. The molecule has 31 heavy (non-hydrogen) atoms. The van der Waals surface area contributed by atoms with Crippen molar-refractivity contribution in [3.63, 3.8) is 0 Å². The molecule has 2 amide bonds. The molecule has 9 heteroatoms. The van der Waals surface area contributed by atoms with Crippen LogP contribution in [0.2, 0.25) is 0 Å². The van der Waals surface area contributed by atoms with Crippen molar-refractivity contribution in [2.75, 3.05) is 51.4 Å². The number of benzene rings is 2. The number of aryl methyl sites for hydroxylation is 1. The highest BCUT2D eigenvalue weighted by Gasteiger charge is 2.21. The SMILES string of the molecule is COc1ccc(C(=O)N2CCN(C)CC2)cc1NC(=O)CCc1ccccc1N.Cl.Cl. The number of nitrogens with one attached hydrogen (secondary N) is 1. The number of nitrogen functional groups attached to an aromatic ring is 1. The minimum atomic E-state index is -0.157. The number of methoxy groups -OCH3 is 1. The Morgan fingerprint density at radius 2 is 1.74 bits per heavy atom. The van der Waals surface area contributed by atoms with E-state index in [2.05, 4.69) is 10.2 Å². The molecule has 2 aromatic rings. The van der Waals surface area contributed by atoms with E-state index in [1.165, 1.54) is 7.11 Å². The summed E-state index contributed by atoms with van der Waals surface area (Å²) in [5.74, 6) is 0.330. The van der Waals surface area contributed by atoms with Gasteiger partial charge in [0.05, 0.1) is 12.8 Å². The predicted octanol–water partition coefficient (Wildman–Crippen LogP) is 3.08. The maximum Gasteiger partial charge on any atom is 0.254 e. The van der Waals surface area contributed by atoms with Crippen LogP contribution in [0.4, 0.5) is 11.4 Å². The first-order valence-electron chi connectivity index (χ1n) is 9.77. The Hall–Kier alpha value is -2.48. The average molecular weight is 469 g/mol. The van der Waals surface area contributed by atoms with E-state index in [0.29, 0.717) is 42.2 Å². The number of piperazine rings is 1. The lowest BCUT2D eigenvalue weighted by molar-refractivity contribution is -0.116. The molecule has 3 rings (SSSR count). The van der Waals surface area contributed by atoms with E-state index < -0.39 is 0 Å². The fourth-order valence-corrected chi connectivity index (χ4v) is 3.35. The maximum atomic E-state index is 12.8. The molecule has 0 unspecified atom stereocenters. The summed E-state index contributed by atoms with van der Waals surface area (Å²) in [4.78, 5) is 29.3. The number of carbonyl (C=O) groups excluding carboxylic acids is 2. The van der Waals surface area contributed by atoms with E-state index in [1.807, 2.05) is 36.2 Å². The second kappa shape index (κ2) is 12.4. The first-order chi connectivity index (χ1) is 14.0. The third-order valence-corrected chi connectivity index (χ3v) is 5.19. The molecule has 1 heterocycles. The lowest BCUT2D eigenvalue weighted by atomic mass is 10.1. The summed E-state index contributed by atoms with van der Waals surface area (Å²) < 4.78 is 5.36. The summed E-state index contributed by atoms with van der Waals surface area (Å²) in [5.41, 5.74) is 8.60. The quantitative estimate of drug-likeness (QED) is 0.635. The van der Waals surface area contributed by atoms with Crippen LogP contribution in [0, 0.1) is 0 Å². The first kappa shape index (κ1) is 26.6. The van der Waals surface area contributed by atoms with Crippen LogP contribution in [0.15, 0.2) is 42.5 Å². The lowest BCUT2D eigenvalue weighted by Gasteiger charge is -2.32. The van der Waals surface area contributed by atoms with Crippen molar-refractivity contribution in [1.82, 2.24) is 9.80 Å². The molecule has 3 N–H and O–H groups in total. The Morgan fingerprint density at radius 3 is 2.39 bits per heavy atom. The lowest BCUT2D eigenvalue weighted by Crippen LogP contribution is -2.47. The Kier molecular flexibility index (Phi) is 10.6. The minimum Gasteiger partial charge on any atom is -0.495 e. The zero-order chi connectivity index (χ0) is 20.8. The van der Waals surface area contributed by atoms with Crippen molar-refractivity contribution < 1.29 is 14.3 Å². The van der Waals surface area contributed by atoms with Gasteiger partial charge in [-0.2, -0.15) is 0 Å². The van der Waals surface area contributed by atoms with Gasteiger partial charge in [0.25, 0.3) is 5.91 Å². The van der Waals surface area contributed by atoms with Gasteiger partial charge < -0.3 is 25.6 Å². The number of nitrogens with two attached hydrogens (primary N) is 1. The normalized spacial score (nSPS) is 13.5. The average Bonchev–Trinajstić information content (AvgIpc) is 2.73. The number of hydrogen-bond donors (Lipinski definition) is 2. The second-order valence-corrected chi connectivity index (χ2v) is 7.26. The number of likely N-dealkylation sites (N-methyl/N-ethyl adjacent to an activating group) is 1. The van der Waals surface area contributed by atoms with Crippen LogP contribution in [-0.2, 0) is 11.2 Å². The van der Waals surface area contributed by atoms with Gasteiger partial charge in [-0.3, -0.25) is 9.59 Å². The number of rotatable bonds is 6. The van der Waals surface area contributed by atoms with Crippen LogP contribution in [0.1, 0.15) is 22.3 Å². The Morgan fingerprint density at radius 1 is 1.06 bits per heavy atom. The summed E-state index contributed by atoms with van der Waals surface area (Å²) in [7, 11) is 3.59. The molecular weight excluding hydrogens is 439 g/mol. The largest absolute Gasteiger partial charge is 0.495 e. The monoisotopic (exact) mass is 468 g/mol. The number of halogens is 2. The molecular formula is C22H30Cl2N4O3. The highest BCUT2D eigenvalue weighted by Crippen LogP contribution is 2.27. The number of anilines is 2. The summed E-state index contributed by atoms with van der Waals surface area (Å²) in [6.45, 7) is 3.10. The molecule has 1 aliphatic rings. The Bertz CT molecular complexity index is 887. The van der Waals surface area contributed by atoms with Crippen molar-refractivity contribution in [2.24, 2.45) is 0 Å². The Labute approximate surface area is 195 Å². The fraction of sp³-hybridized carbons (Fsp3) is 0.364. The summed E-state index contributed by atoms with van der Waals surface area (Å²) in [5, 5.41) is 2.87. The molecule has 0 radical (unpaired) electrons.